The fourth-order valence-electron chi connectivity index (χ4n) is 16.4. The van der Waals surface area contributed by atoms with Gasteiger partial charge in [-0.25, -0.2) is 50.4 Å². The molecule has 2 aliphatic heterocycles. The Morgan fingerprint density at radius 3 is 1.09 bits per heavy atom. The highest BCUT2D eigenvalue weighted by Gasteiger charge is 2.32. The smallest absolute Gasteiger partial charge is 0.291 e. The summed E-state index contributed by atoms with van der Waals surface area (Å²) in [6.07, 6.45) is 21.5. The maximum absolute atomic E-state index is 13.9. The highest BCUT2D eigenvalue weighted by atomic mass is 19.2. The Hall–Kier alpha value is -15.1. The van der Waals surface area contributed by atoms with Crippen molar-refractivity contribution < 1.29 is 67.6 Å². The number of aromatic nitrogens is 10. The first-order chi connectivity index (χ1) is 63.0. The quantitative estimate of drug-likeness (QED) is 0.0365. The molecule has 0 radical (unpaired) electrons. The van der Waals surface area contributed by atoms with E-state index in [1.165, 1.54) is 104 Å². The van der Waals surface area contributed by atoms with E-state index in [2.05, 4.69) is 71.3 Å². The van der Waals surface area contributed by atoms with E-state index in [1.807, 2.05) is 27.7 Å². The zero-order valence-corrected chi connectivity index (χ0v) is 69.3. The van der Waals surface area contributed by atoms with Gasteiger partial charge in [0.05, 0.1) is 64.9 Å². The number of imidazole rings is 3. The number of furan rings is 4. The van der Waals surface area contributed by atoms with Crippen molar-refractivity contribution in [2.24, 2.45) is 0 Å². The number of nitrogens with one attached hydrogen (secondary N) is 6. The number of carbonyl (C=O) groups is 4. The summed E-state index contributed by atoms with van der Waals surface area (Å²) in [4.78, 5) is 68.6. The topological polar surface area (TPSA) is 290 Å². The number of piperidine rings is 1. The van der Waals surface area contributed by atoms with E-state index in [4.69, 9.17) is 17.7 Å². The Balaban J connectivity index is 0.000000121. The summed E-state index contributed by atoms with van der Waals surface area (Å²) in [5.74, 6) is -3.16. The van der Waals surface area contributed by atoms with Crippen molar-refractivity contribution in [3.05, 3.63) is 326 Å². The SMILES string of the molecule is O=C(Nc1ccccc1F)c1ccc(-c2c(-c3ccc(F)cc3)ncn2C2CCNCC2)o1.O=C(Nc1ccccc1F)c1ccc(-c2c(-c3ccc(F)cc3)ncn2CC2CCCN2)o1.O=C(Nc1ccccc1F)c1ccc(-c2c(-c3ccc(F)cc3)nnn2C2CCCC2)o1.O=C(Nc1ccccc1F)c1ccc(-c2c(-c3ccncc3)ncn2C2CCCC2)o1. The molecule has 16 aromatic rings. The zero-order valence-electron chi connectivity index (χ0n) is 69.3. The van der Waals surface area contributed by atoms with E-state index in [9.17, 15) is 49.9 Å². The number of pyridine rings is 1. The van der Waals surface area contributed by atoms with Crippen molar-refractivity contribution in [2.45, 2.75) is 108 Å². The van der Waals surface area contributed by atoms with E-state index in [1.54, 1.807) is 152 Å². The van der Waals surface area contributed by atoms with Crippen molar-refractivity contribution >= 4 is 46.4 Å². The lowest BCUT2D eigenvalue weighted by atomic mass is 10.0. The fraction of sp³-hybridized carbons (Fsp3) is 0.204. The molecule has 24 nitrogen and oxygen atoms in total. The predicted octanol–water partition coefficient (Wildman–Crippen LogP) is 21.9. The largest absolute Gasteiger partial charge is 0.449 e. The zero-order chi connectivity index (χ0) is 88.9. The second-order valence-electron chi connectivity index (χ2n) is 31.3. The van der Waals surface area contributed by atoms with Crippen LogP contribution >= 0.6 is 0 Å². The molecule has 2 aliphatic carbocycles. The third-order valence-corrected chi connectivity index (χ3v) is 22.8. The van der Waals surface area contributed by atoms with Gasteiger partial charge in [-0.15, -0.1) is 5.10 Å². The number of nitrogens with zero attached hydrogens (tertiary/aromatic N) is 10. The van der Waals surface area contributed by atoms with Crippen LogP contribution in [0.2, 0.25) is 0 Å². The van der Waals surface area contributed by atoms with Gasteiger partial charge in [-0.2, -0.15) is 0 Å². The molecule has 9 aromatic heterocycles. The number of hydrogen-bond acceptors (Lipinski definition) is 16. The fourth-order valence-corrected chi connectivity index (χ4v) is 16.4. The van der Waals surface area contributed by atoms with Crippen molar-refractivity contribution in [2.75, 3.05) is 40.9 Å². The third-order valence-electron chi connectivity index (χ3n) is 22.8. The van der Waals surface area contributed by atoms with Crippen LogP contribution in [0.4, 0.5) is 53.5 Å². The van der Waals surface area contributed by atoms with E-state index in [-0.39, 0.29) is 75.3 Å². The molecule has 654 valence electrons. The minimum atomic E-state index is -0.565. The van der Waals surface area contributed by atoms with Crippen LogP contribution in [0.3, 0.4) is 0 Å². The summed E-state index contributed by atoms with van der Waals surface area (Å²) in [5.41, 5.74) is 8.91. The molecule has 20 rings (SSSR count). The normalized spacial score (nSPS) is 14.6. The Bertz CT molecular complexity index is 6590. The van der Waals surface area contributed by atoms with Crippen LogP contribution in [0.1, 0.15) is 137 Å². The minimum Gasteiger partial charge on any atom is -0.449 e. The molecule has 4 amide bonds. The molecule has 7 aromatic carbocycles. The van der Waals surface area contributed by atoms with Gasteiger partial charge in [-0.3, -0.25) is 24.2 Å². The average molecular weight is 1750 g/mol. The van der Waals surface area contributed by atoms with Crippen LogP contribution in [-0.2, 0) is 6.54 Å². The summed E-state index contributed by atoms with van der Waals surface area (Å²) >= 11 is 0. The second kappa shape index (κ2) is 39.6. The number of anilines is 4. The van der Waals surface area contributed by atoms with E-state index in [0.717, 1.165) is 118 Å². The first-order valence-electron chi connectivity index (χ1n) is 42.4. The van der Waals surface area contributed by atoms with Crippen molar-refractivity contribution in [1.82, 2.24) is 59.3 Å². The van der Waals surface area contributed by atoms with Gasteiger partial charge in [-0.05, 0) is 253 Å². The molecule has 129 heavy (non-hydrogen) atoms. The molecule has 4 fully saturated rings. The summed E-state index contributed by atoms with van der Waals surface area (Å²) in [5, 5.41) is 25.7. The standard InChI is InChI=1S/2C25H22F2N4O2.C24H20F2N4O2.C24H21FN4O2/c26-17-9-7-16(8-10-17)23-24(31(15-29-23)14-18-4-3-13-28-18)21-11-12-22(33-21)25(32)30-20-6-2-1-5-19(20)27;26-17-7-5-16(6-8-17)23-24(31(15-29-23)18-11-13-28-14-12-18)21-9-10-22(33-21)25(32)30-20-4-2-1-3-19(20)27;25-16-11-9-15(10-12-16)22-23(30(29-28-22)17-5-1-2-6-17)20-13-14-21(32-20)24(31)27-19-8-4-3-7-18(19)26;25-18-7-3-4-8-19(18)28-24(30)21-10-9-20(31-21)23-22(16-11-13-26-14-12-16)27-15-29(23)17-5-1-2-6-17/h1-2,5-12,15,18,28H,3-4,13-14H2,(H,30,32);1-10,15,18,28H,11-14H2,(H,30,32);3-4,7-14,17H,1-2,5-6H2,(H,27,31);3-4,7-15,17H,1-2,5-6H2,(H,28,30). The maximum Gasteiger partial charge on any atom is 0.291 e. The van der Waals surface area contributed by atoms with Gasteiger partial charge in [0.15, 0.2) is 46.1 Å². The third kappa shape index (κ3) is 19.9. The highest BCUT2D eigenvalue weighted by molar-refractivity contribution is 6.05. The van der Waals surface area contributed by atoms with Crippen LogP contribution in [0.25, 0.3) is 90.8 Å². The highest BCUT2D eigenvalue weighted by Crippen LogP contribution is 2.43. The molecule has 4 aliphatic rings. The van der Waals surface area contributed by atoms with E-state index in [0.29, 0.717) is 75.7 Å². The van der Waals surface area contributed by atoms with E-state index < -0.39 is 46.9 Å². The molecular weight excluding hydrogens is 1660 g/mol. The summed E-state index contributed by atoms with van der Waals surface area (Å²) in [6.45, 7) is 3.44. The molecule has 11 heterocycles. The number of para-hydroxylation sites is 4. The molecule has 0 bridgehead atoms. The molecule has 1 atom stereocenters. The first kappa shape index (κ1) is 86.0. The van der Waals surface area contributed by atoms with Crippen LogP contribution in [-0.4, -0.2) is 97.9 Å². The molecule has 6 N–H and O–H groups in total. The van der Waals surface area contributed by atoms with Gasteiger partial charge in [0.25, 0.3) is 23.6 Å². The molecular formula is C98H85F7N16O8. The van der Waals surface area contributed by atoms with Crippen molar-refractivity contribution in [3.8, 4) is 90.8 Å². The van der Waals surface area contributed by atoms with Crippen molar-refractivity contribution in [3.63, 3.8) is 0 Å². The maximum atomic E-state index is 13.9. The summed E-state index contributed by atoms with van der Waals surface area (Å²) in [6, 6.07) is 60.0. The van der Waals surface area contributed by atoms with Gasteiger partial charge in [0.2, 0.25) is 0 Å². The Morgan fingerprint density at radius 1 is 0.349 bits per heavy atom. The first-order valence-corrected chi connectivity index (χ1v) is 42.4. The average Bonchev–Trinajstić information content (AvgIpc) is 1.64. The Morgan fingerprint density at radius 2 is 0.698 bits per heavy atom. The Labute approximate surface area is 734 Å². The second-order valence-corrected chi connectivity index (χ2v) is 31.3. The van der Waals surface area contributed by atoms with Gasteiger partial charge >= 0.3 is 0 Å². The van der Waals surface area contributed by atoms with Crippen molar-refractivity contribution in [1.29, 1.82) is 0 Å². The lowest BCUT2D eigenvalue weighted by Crippen LogP contribution is -2.29. The molecule has 31 heteroatoms. The predicted molar refractivity (Wildman–Crippen MR) is 472 cm³/mol. The van der Waals surface area contributed by atoms with Crippen LogP contribution in [0.5, 0.6) is 0 Å². The molecule has 2 saturated heterocycles. The number of rotatable bonds is 21. The van der Waals surface area contributed by atoms with Gasteiger partial charge in [0.1, 0.15) is 69.2 Å². The van der Waals surface area contributed by atoms with Gasteiger partial charge in [-0.1, -0.05) is 79.4 Å². The molecule has 1 unspecified atom stereocenters. The lowest BCUT2D eigenvalue weighted by molar-refractivity contribution is 0.0989. The van der Waals surface area contributed by atoms with Crippen LogP contribution in [0.15, 0.2) is 280 Å². The monoisotopic (exact) mass is 1750 g/mol. The number of carbonyl (C=O) groups excluding carboxylic acids is 4. The van der Waals surface area contributed by atoms with E-state index >= 15 is 0 Å². The van der Waals surface area contributed by atoms with Gasteiger partial charge < -0.3 is 63.3 Å². The molecule has 0 spiro atoms. The number of halogens is 7. The van der Waals surface area contributed by atoms with Crippen LogP contribution < -0.4 is 31.9 Å². The number of amides is 4. The van der Waals surface area contributed by atoms with Gasteiger partial charge in [0, 0.05) is 59.3 Å². The minimum absolute atomic E-state index is 0.0347. The Kier molecular flexibility index (Phi) is 26.4. The van der Waals surface area contributed by atoms with Crippen LogP contribution in [0, 0.1) is 40.7 Å². The summed E-state index contributed by atoms with van der Waals surface area (Å²) in [7, 11) is 0. The molecule has 2 saturated carbocycles. The summed E-state index contributed by atoms with van der Waals surface area (Å²) < 4.78 is 128. The number of hydrogen-bond donors (Lipinski definition) is 6. The number of benzene rings is 7. The lowest BCUT2D eigenvalue weighted by Gasteiger charge is -2.25.